The molecule has 0 aromatic rings. The van der Waals surface area contributed by atoms with Crippen molar-refractivity contribution in [2.24, 2.45) is 10.4 Å². The molecule has 0 unspecified atom stereocenters. The second-order valence-electron chi connectivity index (χ2n) is 3.75. The third-order valence-corrected chi connectivity index (χ3v) is 2.55. The van der Waals surface area contributed by atoms with E-state index in [0.717, 1.165) is 6.54 Å². The van der Waals surface area contributed by atoms with Crippen molar-refractivity contribution in [2.45, 2.75) is 39.0 Å². The first-order valence-electron chi connectivity index (χ1n) is 4.19. The van der Waals surface area contributed by atoms with Gasteiger partial charge in [0, 0.05) is 6.54 Å². The van der Waals surface area contributed by atoms with E-state index in [1.54, 1.807) is 0 Å². The van der Waals surface area contributed by atoms with Crippen molar-refractivity contribution in [2.75, 3.05) is 6.54 Å². The van der Waals surface area contributed by atoms with E-state index in [-0.39, 0.29) is 0 Å². The van der Waals surface area contributed by atoms with Crippen LogP contribution in [-0.4, -0.2) is 13.3 Å². The molecular weight excluding hydrogens is 122 g/mol. The molecular formula is C9H17N. The maximum Gasteiger partial charge on any atom is 0.0435 e. The Hall–Kier alpha value is -0.330. The molecule has 0 aromatic carbocycles. The van der Waals surface area contributed by atoms with Crippen LogP contribution in [0.5, 0.6) is 0 Å². The molecule has 0 amide bonds. The summed E-state index contributed by atoms with van der Waals surface area (Å²) in [5, 5.41) is 0. The SMILES string of the molecule is C=NCC1(C)CCCCC1. The number of aliphatic imine (C=N–C) groups is 1. The van der Waals surface area contributed by atoms with Crippen molar-refractivity contribution in [1.29, 1.82) is 0 Å². The minimum absolute atomic E-state index is 0.500. The van der Waals surface area contributed by atoms with Crippen LogP contribution in [0.3, 0.4) is 0 Å². The van der Waals surface area contributed by atoms with Crippen molar-refractivity contribution in [3.05, 3.63) is 0 Å². The third kappa shape index (κ3) is 1.83. The highest BCUT2D eigenvalue weighted by Gasteiger charge is 2.25. The molecule has 0 spiro atoms. The van der Waals surface area contributed by atoms with Crippen molar-refractivity contribution in [3.8, 4) is 0 Å². The quantitative estimate of drug-likeness (QED) is 0.521. The standard InChI is InChI=1S/C9H17N/c1-9(8-10-2)6-4-3-5-7-9/h2-8H2,1H3. The highest BCUT2D eigenvalue weighted by atomic mass is 14.7. The second kappa shape index (κ2) is 3.18. The van der Waals surface area contributed by atoms with Gasteiger partial charge in [-0.3, -0.25) is 0 Å². The molecule has 0 bridgehead atoms. The Morgan fingerprint density at radius 1 is 1.30 bits per heavy atom. The van der Waals surface area contributed by atoms with Crippen LogP contribution in [0.15, 0.2) is 4.99 Å². The molecule has 1 nitrogen and oxygen atoms in total. The lowest BCUT2D eigenvalue weighted by Crippen LogP contribution is -2.23. The summed E-state index contributed by atoms with van der Waals surface area (Å²) >= 11 is 0. The van der Waals surface area contributed by atoms with Gasteiger partial charge in [0.25, 0.3) is 0 Å². The molecule has 0 atom stereocenters. The molecule has 1 saturated carbocycles. The van der Waals surface area contributed by atoms with Gasteiger partial charge < -0.3 is 4.99 Å². The van der Waals surface area contributed by atoms with Crippen molar-refractivity contribution >= 4 is 6.72 Å². The van der Waals surface area contributed by atoms with Gasteiger partial charge >= 0.3 is 0 Å². The molecule has 0 aromatic heterocycles. The Morgan fingerprint density at radius 2 is 1.90 bits per heavy atom. The molecule has 0 N–H and O–H groups in total. The molecule has 1 heteroatoms. The zero-order valence-electron chi connectivity index (χ0n) is 6.90. The van der Waals surface area contributed by atoms with E-state index >= 15 is 0 Å². The van der Waals surface area contributed by atoms with Crippen LogP contribution in [-0.2, 0) is 0 Å². The lowest BCUT2D eigenvalue weighted by Gasteiger charge is -2.31. The first-order chi connectivity index (χ1) is 4.77. The van der Waals surface area contributed by atoms with Gasteiger partial charge in [0.05, 0.1) is 0 Å². The number of rotatable bonds is 2. The smallest absolute Gasteiger partial charge is 0.0435 e. The fraction of sp³-hybridized carbons (Fsp3) is 0.889. The predicted molar refractivity (Wildman–Crippen MR) is 45.6 cm³/mol. The molecule has 0 heterocycles. The fourth-order valence-corrected chi connectivity index (χ4v) is 1.83. The Morgan fingerprint density at radius 3 is 2.40 bits per heavy atom. The number of hydrogen-bond acceptors (Lipinski definition) is 1. The summed E-state index contributed by atoms with van der Waals surface area (Å²) < 4.78 is 0. The summed E-state index contributed by atoms with van der Waals surface area (Å²) in [5.41, 5.74) is 0.500. The van der Waals surface area contributed by atoms with Gasteiger partial charge in [-0.1, -0.05) is 26.2 Å². The van der Waals surface area contributed by atoms with Gasteiger partial charge in [-0.25, -0.2) is 0 Å². The molecule has 0 saturated heterocycles. The Labute approximate surface area is 63.5 Å². The Kier molecular flexibility index (Phi) is 2.47. The first-order valence-corrected chi connectivity index (χ1v) is 4.19. The normalized spacial score (nSPS) is 24.1. The topological polar surface area (TPSA) is 12.4 Å². The number of hydrogen-bond donors (Lipinski definition) is 0. The van der Waals surface area contributed by atoms with Gasteiger partial charge in [-0.15, -0.1) is 0 Å². The highest BCUT2D eigenvalue weighted by molar-refractivity contribution is 5.23. The molecule has 0 radical (unpaired) electrons. The van der Waals surface area contributed by atoms with E-state index in [1.807, 2.05) is 0 Å². The minimum atomic E-state index is 0.500. The molecule has 10 heavy (non-hydrogen) atoms. The highest BCUT2D eigenvalue weighted by Crippen LogP contribution is 2.35. The van der Waals surface area contributed by atoms with Crippen molar-refractivity contribution < 1.29 is 0 Å². The average Bonchev–Trinajstić information content (AvgIpc) is 1.89. The molecule has 1 rings (SSSR count). The zero-order chi connectivity index (χ0) is 7.45. The third-order valence-electron chi connectivity index (χ3n) is 2.55. The van der Waals surface area contributed by atoms with Crippen LogP contribution in [0.2, 0.25) is 0 Å². The summed E-state index contributed by atoms with van der Waals surface area (Å²) in [6, 6.07) is 0. The molecule has 1 fully saturated rings. The van der Waals surface area contributed by atoms with Crippen LogP contribution < -0.4 is 0 Å². The van der Waals surface area contributed by atoms with Gasteiger partial charge in [-0.2, -0.15) is 0 Å². The van der Waals surface area contributed by atoms with Gasteiger partial charge in [0.1, 0.15) is 0 Å². The summed E-state index contributed by atoms with van der Waals surface area (Å²) in [7, 11) is 0. The maximum atomic E-state index is 3.98. The number of nitrogens with zero attached hydrogens (tertiary/aromatic N) is 1. The van der Waals surface area contributed by atoms with Crippen LogP contribution in [0, 0.1) is 5.41 Å². The van der Waals surface area contributed by atoms with E-state index < -0.39 is 0 Å². The van der Waals surface area contributed by atoms with Crippen LogP contribution in [0.25, 0.3) is 0 Å². The van der Waals surface area contributed by atoms with E-state index in [9.17, 15) is 0 Å². The fourth-order valence-electron chi connectivity index (χ4n) is 1.83. The van der Waals surface area contributed by atoms with Crippen LogP contribution >= 0.6 is 0 Å². The Balaban J connectivity index is 2.39. The molecule has 1 aliphatic carbocycles. The summed E-state index contributed by atoms with van der Waals surface area (Å²) in [4.78, 5) is 3.98. The largest absolute Gasteiger partial charge is 0.300 e. The minimum Gasteiger partial charge on any atom is -0.300 e. The lowest BCUT2D eigenvalue weighted by atomic mass is 9.76. The van der Waals surface area contributed by atoms with E-state index in [2.05, 4.69) is 18.6 Å². The van der Waals surface area contributed by atoms with Gasteiger partial charge in [0.15, 0.2) is 0 Å². The Bertz CT molecular complexity index is 112. The maximum absolute atomic E-state index is 3.98. The predicted octanol–water partition coefficient (Wildman–Crippen LogP) is 2.66. The second-order valence-corrected chi connectivity index (χ2v) is 3.75. The van der Waals surface area contributed by atoms with Crippen molar-refractivity contribution in [3.63, 3.8) is 0 Å². The summed E-state index contributed by atoms with van der Waals surface area (Å²) in [6.07, 6.45) is 6.92. The zero-order valence-corrected chi connectivity index (χ0v) is 6.90. The molecule has 1 aliphatic rings. The summed E-state index contributed by atoms with van der Waals surface area (Å²) in [6.45, 7) is 6.85. The summed E-state index contributed by atoms with van der Waals surface area (Å²) in [5.74, 6) is 0. The lowest BCUT2D eigenvalue weighted by molar-refractivity contribution is 0.227. The van der Waals surface area contributed by atoms with E-state index in [1.165, 1.54) is 32.1 Å². The van der Waals surface area contributed by atoms with Crippen LogP contribution in [0.1, 0.15) is 39.0 Å². The first kappa shape index (κ1) is 7.77. The molecule has 58 valence electrons. The van der Waals surface area contributed by atoms with Gasteiger partial charge in [0.2, 0.25) is 0 Å². The molecule has 0 aliphatic heterocycles. The van der Waals surface area contributed by atoms with E-state index in [4.69, 9.17) is 0 Å². The van der Waals surface area contributed by atoms with E-state index in [0.29, 0.717) is 5.41 Å². The van der Waals surface area contributed by atoms with Crippen molar-refractivity contribution in [1.82, 2.24) is 0 Å². The average molecular weight is 139 g/mol. The van der Waals surface area contributed by atoms with Gasteiger partial charge in [-0.05, 0) is 25.0 Å². The van der Waals surface area contributed by atoms with Crippen LogP contribution in [0.4, 0.5) is 0 Å². The monoisotopic (exact) mass is 139 g/mol.